The Morgan fingerprint density at radius 2 is 1.80 bits per heavy atom. The molecule has 1 atom stereocenters. The Morgan fingerprint density at radius 1 is 1.20 bits per heavy atom. The molecular weight excluding hydrogens is 256 g/mol. The van der Waals surface area contributed by atoms with Gasteiger partial charge in [0.05, 0.1) is 0 Å². The summed E-state index contributed by atoms with van der Waals surface area (Å²) in [5, 5.41) is 3.54. The summed E-state index contributed by atoms with van der Waals surface area (Å²) in [7, 11) is 0. The van der Waals surface area contributed by atoms with Crippen molar-refractivity contribution in [1.82, 2.24) is 5.32 Å². The van der Waals surface area contributed by atoms with Gasteiger partial charge in [0.25, 0.3) is 0 Å². The highest BCUT2D eigenvalue weighted by atomic mass is 19.3. The van der Waals surface area contributed by atoms with E-state index in [4.69, 9.17) is 0 Å². The average Bonchev–Trinajstić information content (AvgIpc) is 3.19. The molecule has 0 aromatic carbocycles. The Labute approximate surface area is 122 Å². The Balaban J connectivity index is 1.75. The van der Waals surface area contributed by atoms with Crippen LogP contribution in [0.4, 0.5) is 8.78 Å². The smallest absolute Gasteiger partial charge is 0.248 e. The van der Waals surface area contributed by atoms with Crippen molar-refractivity contribution < 1.29 is 8.78 Å². The van der Waals surface area contributed by atoms with Gasteiger partial charge < -0.3 is 5.32 Å². The van der Waals surface area contributed by atoms with Crippen LogP contribution in [0.15, 0.2) is 12.3 Å². The van der Waals surface area contributed by atoms with Crippen molar-refractivity contribution in [3.8, 4) is 0 Å². The predicted octanol–water partition coefficient (Wildman–Crippen LogP) is 5.13. The molecular formula is C17H29F2N. The van der Waals surface area contributed by atoms with Crippen molar-refractivity contribution in [3.05, 3.63) is 12.3 Å². The van der Waals surface area contributed by atoms with Crippen LogP contribution in [0.5, 0.6) is 0 Å². The summed E-state index contributed by atoms with van der Waals surface area (Å²) in [6.07, 6.45) is 8.11. The van der Waals surface area contributed by atoms with Gasteiger partial charge in [-0.2, -0.15) is 0 Å². The van der Waals surface area contributed by atoms with Crippen LogP contribution in [0.2, 0.25) is 0 Å². The van der Waals surface area contributed by atoms with Crippen molar-refractivity contribution in [2.24, 2.45) is 17.8 Å². The first-order valence-electron chi connectivity index (χ1n) is 8.23. The van der Waals surface area contributed by atoms with Gasteiger partial charge in [-0.05, 0) is 57.3 Å². The van der Waals surface area contributed by atoms with E-state index in [1.165, 1.54) is 19.3 Å². The van der Waals surface area contributed by atoms with Gasteiger partial charge in [-0.1, -0.05) is 26.3 Å². The average molecular weight is 285 g/mol. The molecule has 1 N–H and O–H groups in total. The van der Waals surface area contributed by atoms with Crippen LogP contribution >= 0.6 is 0 Å². The molecule has 2 aliphatic carbocycles. The Morgan fingerprint density at radius 3 is 2.25 bits per heavy atom. The molecule has 2 fully saturated rings. The molecule has 0 aromatic rings. The topological polar surface area (TPSA) is 12.0 Å². The minimum atomic E-state index is -2.51. The molecule has 116 valence electrons. The molecule has 2 rings (SSSR count). The van der Waals surface area contributed by atoms with Crippen LogP contribution in [-0.4, -0.2) is 12.0 Å². The maximum absolute atomic E-state index is 13.3. The summed E-state index contributed by atoms with van der Waals surface area (Å²) in [4.78, 5) is 0. The van der Waals surface area contributed by atoms with Crippen LogP contribution in [0.1, 0.15) is 65.2 Å². The molecule has 0 spiro atoms. The number of rotatable bonds is 7. The second kappa shape index (κ2) is 6.44. The van der Waals surface area contributed by atoms with Crippen LogP contribution in [0.25, 0.3) is 0 Å². The first-order valence-corrected chi connectivity index (χ1v) is 8.23. The zero-order chi connectivity index (χ0) is 14.8. The highest BCUT2D eigenvalue weighted by Gasteiger charge is 2.37. The molecule has 0 radical (unpaired) electrons. The lowest BCUT2D eigenvalue weighted by atomic mass is 9.82. The Bertz CT molecular complexity index is 322. The third-order valence-corrected chi connectivity index (χ3v) is 5.13. The van der Waals surface area contributed by atoms with Crippen molar-refractivity contribution in [1.29, 1.82) is 0 Å². The quantitative estimate of drug-likeness (QED) is 0.683. The first kappa shape index (κ1) is 15.8. The Kier molecular flexibility index (Phi) is 5.09. The highest BCUT2D eigenvalue weighted by Crippen LogP contribution is 2.39. The normalized spacial score (nSPS) is 29.0. The number of halogens is 2. The maximum atomic E-state index is 13.3. The van der Waals surface area contributed by atoms with Crippen LogP contribution < -0.4 is 5.32 Å². The van der Waals surface area contributed by atoms with E-state index in [0.717, 1.165) is 37.8 Å². The van der Waals surface area contributed by atoms with Crippen LogP contribution in [-0.2, 0) is 0 Å². The van der Waals surface area contributed by atoms with Gasteiger partial charge in [0.15, 0.2) is 0 Å². The zero-order valence-corrected chi connectivity index (χ0v) is 12.9. The van der Waals surface area contributed by atoms with Crippen LogP contribution in [0.3, 0.4) is 0 Å². The standard InChI is InChI=1S/C17H29F2N/c1-4-14(11-13-5-6-13)12(2)20-16-9-7-15(8-10-16)17(3,18)19/h13-16,20H,2,4-11H2,1,3H3. The lowest BCUT2D eigenvalue weighted by Crippen LogP contribution is -2.38. The maximum Gasteiger partial charge on any atom is 0.248 e. The molecule has 3 heteroatoms. The number of hydrogen-bond donors (Lipinski definition) is 1. The first-order chi connectivity index (χ1) is 9.40. The van der Waals surface area contributed by atoms with E-state index < -0.39 is 11.8 Å². The third-order valence-electron chi connectivity index (χ3n) is 5.13. The lowest BCUT2D eigenvalue weighted by Gasteiger charge is -2.34. The molecule has 2 aliphatic rings. The highest BCUT2D eigenvalue weighted by molar-refractivity contribution is 5.02. The molecule has 0 aromatic heterocycles. The molecule has 0 aliphatic heterocycles. The molecule has 0 amide bonds. The molecule has 0 bridgehead atoms. The third kappa shape index (κ3) is 4.46. The monoisotopic (exact) mass is 285 g/mol. The van der Waals surface area contributed by atoms with Crippen molar-refractivity contribution in [2.75, 3.05) is 0 Å². The number of allylic oxidation sites excluding steroid dienone is 1. The van der Waals surface area contributed by atoms with Gasteiger partial charge in [-0.15, -0.1) is 0 Å². The molecule has 1 unspecified atom stereocenters. The van der Waals surface area contributed by atoms with Crippen molar-refractivity contribution >= 4 is 0 Å². The van der Waals surface area contributed by atoms with E-state index in [9.17, 15) is 8.78 Å². The van der Waals surface area contributed by atoms with Crippen molar-refractivity contribution in [3.63, 3.8) is 0 Å². The van der Waals surface area contributed by atoms with Gasteiger partial charge in [-0.25, -0.2) is 8.78 Å². The lowest BCUT2D eigenvalue weighted by molar-refractivity contribution is -0.0552. The predicted molar refractivity (Wildman–Crippen MR) is 79.8 cm³/mol. The minimum Gasteiger partial charge on any atom is -0.386 e. The van der Waals surface area contributed by atoms with E-state index in [1.54, 1.807) is 0 Å². The summed E-state index contributed by atoms with van der Waals surface area (Å²) in [5.41, 5.74) is 1.14. The summed E-state index contributed by atoms with van der Waals surface area (Å²) < 4.78 is 26.6. The molecule has 2 saturated carbocycles. The van der Waals surface area contributed by atoms with E-state index in [0.29, 0.717) is 24.8 Å². The fourth-order valence-electron chi connectivity index (χ4n) is 3.44. The largest absolute Gasteiger partial charge is 0.386 e. The molecule has 20 heavy (non-hydrogen) atoms. The molecule has 0 saturated heterocycles. The van der Waals surface area contributed by atoms with Gasteiger partial charge in [0, 0.05) is 17.7 Å². The van der Waals surface area contributed by atoms with Gasteiger partial charge >= 0.3 is 0 Å². The number of alkyl halides is 2. The summed E-state index contributed by atoms with van der Waals surface area (Å²) >= 11 is 0. The van der Waals surface area contributed by atoms with E-state index >= 15 is 0 Å². The number of nitrogens with one attached hydrogen (secondary N) is 1. The van der Waals surface area contributed by atoms with Crippen LogP contribution in [0, 0.1) is 17.8 Å². The van der Waals surface area contributed by atoms with Gasteiger partial charge in [0.2, 0.25) is 5.92 Å². The zero-order valence-electron chi connectivity index (χ0n) is 12.9. The minimum absolute atomic E-state index is 0.356. The fourth-order valence-corrected chi connectivity index (χ4v) is 3.44. The molecule has 1 nitrogen and oxygen atoms in total. The van der Waals surface area contributed by atoms with E-state index in [-0.39, 0.29) is 0 Å². The summed E-state index contributed by atoms with van der Waals surface area (Å²) in [5.74, 6) is -1.47. The van der Waals surface area contributed by atoms with E-state index in [2.05, 4.69) is 18.8 Å². The summed E-state index contributed by atoms with van der Waals surface area (Å²) in [6.45, 7) is 7.49. The Hall–Kier alpha value is -0.600. The van der Waals surface area contributed by atoms with Gasteiger partial charge in [-0.3, -0.25) is 0 Å². The SMILES string of the molecule is C=C(NC1CCC(C(C)(F)F)CC1)C(CC)CC1CC1. The van der Waals surface area contributed by atoms with E-state index in [1.807, 2.05) is 0 Å². The molecule has 0 heterocycles. The van der Waals surface area contributed by atoms with Crippen molar-refractivity contribution in [2.45, 2.75) is 77.2 Å². The second-order valence-corrected chi connectivity index (χ2v) is 6.96. The number of hydrogen-bond acceptors (Lipinski definition) is 1. The fraction of sp³-hybridized carbons (Fsp3) is 0.882. The van der Waals surface area contributed by atoms with Gasteiger partial charge in [0.1, 0.15) is 0 Å². The summed E-state index contributed by atoms with van der Waals surface area (Å²) in [6, 6.07) is 0.356. The second-order valence-electron chi connectivity index (χ2n) is 6.96.